The van der Waals surface area contributed by atoms with E-state index in [0.29, 0.717) is 6.61 Å². The molecule has 0 bridgehead atoms. The van der Waals surface area contributed by atoms with Crippen LogP contribution in [0.5, 0.6) is 0 Å². The molecule has 0 amide bonds. The molecular formula is C21H28N2O4. The van der Waals surface area contributed by atoms with Crippen LogP contribution in [-0.2, 0) is 16.1 Å². The third-order valence-corrected chi connectivity index (χ3v) is 5.63. The minimum Gasteiger partial charge on any atom is -0.483 e. The van der Waals surface area contributed by atoms with Crippen LogP contribution in [0.2, 0.25) is 0 Å². The molecule has 0 radical (unpaired) electrons. The fraction of sp³-hybridized carbons (Fsp3) is 0.524. The number of hydrogen-bond donors (Lipinski definition) is 2. The highest BCUT2D eigenvalue weighted by atomic mass is 16.5. The van der Waals surface area contributed by atoms with Crippen molar-refractivity contribution in [1.82, 2.24) is 9.88 Å². The standard InChI is InChI=1S/C20H26N2O2.CH2O2/c1-19(23)9-13-24-20(15-19)7-11-22(12-8-20)14-17-5-2-4-16-6-3-10-21-18(16)17;2-1-3/h2-6,10,23H,7-9,11-15H2,1H3;1H,(H,2,3). The van der Waals surface area contributed by atoms with Gasteiger partial charge in [-0.3, -0.25) is 14.7 Å². The van der Waals surface area contributed by atoms with Crippen molar-refractivity contribution in [2.24, 2.45) is 0 Å². The summed E-state index contributed by atoms with van der Waals surface area (Å²) >= 11 is 0. The number of para-hydroxylation sites is 1. The number of nitrogens with zero attached hydrogens (tertiary/aromatic N) is 2. The molecule has 1 aromatic carbocycles. The van der Waals surface area contributed by atoms with Gasteiger partial charge in [0.25, 0.3) is 6.47 Å². The lowest BCUT2D eigenvalue weighted by Crippen LogP contribution is -2.53. The predicted molar refractivity (Wildman–Crippen MR) is 103 cm³/mol. The first-order valence-electron chi connectivity index (χ1n) is 9.46. The Morgan fingerprint density at radius 3 is 2.63 bits per heavy atom. The maximum absolute atomic E-state index is 10.4. The van der Waals surface area contributed by atoms with Gasteiger partial charge in [0, 0.05) is 37.6 Å². The summed E-state index contributed by atoms with van der Waals surface area (Å²) in [6, 6.07) is 10.5. The SMILES string of the molecule is CC1(O)CCOC2(CCN(Cc3cccc4cccnc34)CC2)C1.O=CO. The van der Waals surface area contributed by atoms with E-state index in [1.165, 1.54) is 10.9 Å². The highest BCUT2D eigenvalue weighted by Crippen LogP contribution is 2.39. The Hall–Kier alpha value is -2.02. The second-order valence-electron chi connectivity index (χ2n) is 7.83. The van der Waals surface area contributed by atoms with E-state index in [4.69, 9.17) is 14.6 Å². The zero-order chi connectivity index (χ0) is 19.3. The van der Waals surface area contributed by atoms with E-state index in [9.17, 15) is 5.11 Å². The number of carbonyl (C=O) groups is 1. The Kier molecular flexibility index (Phi) is 6.09. The molecule has 2 aliphatic heterocycles. The number of piperidine rings is 1. The van der Waals surface area contributed by atoms with E-state index in [1.807, 2.05) is 19.2 Å². The smallest absolute Gasteiger partial charge is 0.290 e. The summed E-state index contributed by atoms with van der Waals surface area (Å²) in [7, 11) is 0. The summed E-state index contributed by atoms with van der Waals surface area (Å²) in [6.07, 6.45) is 5.39. The molecule has 146 valence electrons. The number of pyridine rings is 1. The minimum atomic E-state index is -0.569. The van der Waals surface area contributed by atoms with Gasteiger partial charge in [-0.05, 0) is 37.8 Å². The number of rotatable bonds is 2. The van der Waals surface area contributed by atoms with E-state index in [2.05, 4.69) is 34.1 Å². The van der Waals surface area contributed by atoms with Crippen LogP contribution in [0.15, 0.2) is 36.5 Å². The molecule has 1 atom stereocenters. The molecule has 3 heterocycles. The van der Waals surface area contributed by atoms with Crippen LogP contribution in [0.25, 0.3) is 10.9 Å². The van der Waals surface area contributed by atoms with Crippen molar-refractivity contribution in [3.8, 4) is 0 Å². The van der Waals surface area contributed by atoms with Crippen molar-refractivity contribution in [3.63, 3.8) is 0 Å². The average Bonchev–Trinajstić information content (AvgIpc) is 2.64. The largest absolute Gasteiger partial charge is 0.483 e. The van der Waals surface area contributed by atoms with E-state index >= 15 is 0 Å². The Labute approximate surface area is 159 Å². The Bertz CT molecular complexity index is 764. The van der Waals surface area contributed by atoms with Gasteiger partial charge in [0.05, 0.1) is 23.3 Å². The van der Waals surface area contributed by atoms with Crippen molar-refractivity contribution in [2.75, 3.05) is 19.7 Å². The molecule has 6 heteroatoms. The molecule has 2 saturated heterocycles. The molecule has 1 unspecified atom stereocenters. The maximum Gasteiger partial charge on any atom is 0.290 e. The number of benzene rings is 1. The van der Waals surface area contributed by atoms with E-state index in [1.54, 1.807) is 0 Å². The third-order valence-electron chi connectivity index (χ3n) is 5.63. The number of aliphatic hydroxyl groups is 1. The molecule has 2 aliphatic rings. The number of ether oxygens (including phenoxy) is 1. The van der Waals surface area contributed by atoms with Crippen molar-refractivity contribution in [2.45, 2.75) is 50.4 Å². The van der Waals surface area contributed by atoms with Gasteiger partial charge in [0.15, 0.2) is 0 Å². The first-order chi connectivity index (χ1) is 13.0. The summed E-state index contributed by atoms with van der Waals surface area (Å²) in [5, 5.41) is 18.5. The number of hydrogen-bond acceptors (Lipinski definition) is 5. The zero-order valence-electron chi connectivity index (χ0n) is 15.8. The molecule has 0 saturated carbocycles. The van der Waals surface area contributed by atoms with E-state index < -0.39 is 5.60 Å². The molecule has 2 aromatic rings. The number of likely N-dealkylation sites (tertiary alicyclic amines) is 1. The lowest BCUT2D eigenvalue weighted by molar-refractivity contribution is -0.173. The molecule has 0 aliphatic carbocycles. The van der Waals surface area contributed by atoms with Crippen molar-refractivity contribution >= 4 is 17.4 Å². The zero-order valence-corrected chi connectivity index (χ0v) is 15.8. The molecule has 27 heavy (non-hydrogen) atoms. The molecule has 6 nitrogen and oxygen atoms in total. The fourth-order valence-electron chi connectivity index (χ4n) is 4.30. The van der Waals surface area contributed by atoms with E-state index in [0.717, 1.165) is 50.8 Å². The summed E-state index contributed by atoms with van der Waals surface area (Å²) < 4.78 is 6.11. The summed E-state index contributed by atoms with van der Waals surface area (Å²) in [5.74, 6) is 0. The van der Waals surface area contributed by atoms with Crippen molar-refractivity contribution < 1.29 is 19.7 Å². The topological polar surface area (TPSA) is 82.9 Å². The quantitative estimate of drug-likeness (QED) is 0.789. The van der Waals surface area contributed by atoms with Gasteiger partial charge in [-0.2, -0.15) is 0 Å². The first kappa shape index (κ1) is 19.7. The molecule has 2 N–H and O–H groups in total. The normalized spacial score (nSPS) is 25.0. The monoisotopic (exact) mass is 372 g/mol. The van der Waals surface area contributed by atoms with Crippen LogP contribution < -0.4 is 0 Å². The van der Waals surface area contributed by atoms with Crippen molar-refractivity contribution in [3.05, 3.63) is 42.1 Å². The highest BCUT2D eigenvalue weighted by molar-refractivity contribution is 5.81. The molecule has 4 rings (SSSR count). The minimum absolute atomic E-state index is 0.116. The van der Waals surface area contributed by atoms with Crippen LogP contribution in [0.1, 0.15) is 38.2 Å². The third kappa shape index (κ3) is 4.83. The Morgan fingerprint density at radius 1 is 1.22 bits per heavy atom. The second-order valence-corrected chi connectivity index (χ2v) is 7.83. The predicted octanol–water partition coefficient (Wildman–Crippen LogP) is 2.83. The van der Waals surface area contributed by atoms with Gasteiger partial charge in [-0.25, -0.2) is 0 Å². The molecular weight excluding hydrogens is 344 g/mol. The van der Waals surface area contributed by atoms with Crippen molar-refractivity contribution in [1.29, 1.82) is 0 Å². The van der Waals surface area contributed by atoms with Gasteiger partial charge in [0.1, 0.15) is 0 Å². The maximum atomic E-state index is 10.4. The Morgan fingerprint density at radius 2 is 1.93 bits per heavy atom. The van der Waals surface area contributed by atoms with Crippen LogP contribution in [0, 0.1) is 0 Å². The number of aromatic nitrogens is 1. The molecule has 2 fully saturated rings. The Balaban J connectivity index is 0.000000659. The van der Waals surface area contributed by atoms with Crippen LogP contribution in [0.3, 0.4) is 0 Å². The number of carboxylic acid groups (broad SMARTS) is 1. The van der Waals surface area contributed by atoms with E-state index in [-0.39, 0.29) is 12.1 Å². The van der Waals surface area contributed by atoms with Crippen LogP contribution >= 0.6 is 0 Å². The summed E-state index contributed by atoms with van der Waals surface area (Å²) in [5.41, 5.74) is 1.72. The lowest BCUT2D eigenvalue weighted by Gasteiger charge is -2.48. The summed E-state index contributed by atoms with van der Waals surface area (Å²) in [6.45, 7) is 5.34. The van der Waals surface area contributed by atoms with Gasteiger partial charge >= 0.3 is 0 Å². The second kappa shape index (κ2) is 8.33. The molecule has 1 aromatic heterocycles. The van der Waals surface area contributed by atoms with Gasteiger partial charge in [-0.15, -0.1) is 0 Å². The average molecular weight is 372 g/mol. The lowest BCUT2D eigenvalue weighted by atomic mass is 9.78. The summed E-state index contributed by atoms with van der Waals surface area (Å²) in [4.78, 5) is 15.4. The first-order valence-corrected chi connectivity index (χ1v) is 9.46. The van der Waals surface area contributed by atoms with Crippen LogP contribution in [0.4, 0.5) is 0 Å². The van der Waals surface area contributed by atoms with Gasteiger partial charge < -0.3 is 14.9 Å². The van der Waals surface area contributed by atoms with Gasteiger partial charge in [-0.1, -0.05) is 24.3 Å². The fourth-order valence-corrected chi connectivity index (χ4v) is 4.30. The number of fused-ring (bicyclic) bond motifs is 1. The van der Waals surface area contributed by atoms with Crippen LogP contribution in [-0.4, -0.2) is 57.5 Å². The highest BCUT2D eigenvalue weighted by Gasteiger charge is 2.44. The van der Waals surface area contributed by atoms with Gasteiger partial charge in [0.2, 0.25) is 0 Å². The molecule has 1 spiro atoms.